The second kappa shape index (κ2) is 11.3. The normalized spacial score (nSPS) is 18.0. The maximum Gasteiger partial charge on any atom is 0.417 e. The SMILES string of the molecule is CNC(=O)Nc1ccc2c(c1)CCOC(=O)N(CC(=O)N1Cc3ccc(F)cc3CC[C@H]1C(F)(F)F)C(=O)C2. The summed E-state index contributed by atoms with van der Waals surface area (Å²) in [5, 5.41) is 5.01. The van der Waals surface area contributed by atoms with Gasteiger partial charge in [0.1, 0.15) is 18.4 Å². The molecule has 208 valence electrons. The summed E-state index contributed by atoms with van der Waals surface area (Å²) in [6.07, 6.45) is -6.64. The van der Waals surface area contributed by atoms with Crippen molar-refractivity contribution in [2.45, 2.75) is 44.4 Å². The Hall–Kier alpha value is -4.16. The van der Waals surface area contributed by atoms with E-state index >= 15 is 0 Å². The van der Waals surface area contributed by atoms with E-state index < -0.39 is 61.5 Å². The van der Waals surface area contributed by atoms with Crippen LogP contribution >= 0.6 is 0 Å². The first kappa shape index (κ1) is 27.9. The van der Waals surface area contributed by atoms with Crippen LogP contribution in [0.25, 0.3) is 0 Å². The quantitative estimate of drug-likeness (QED) is 0.569. The third kappa shape index (κ3) is 6.47. The largest absolute Gasteiger partial charge is 0.449 e. The van der Waals surface area contributed by atoms with Crippen molar-refractivity contribution in [3.8, 4) is 0 Å². The fourth-order valence-corrected chi connectivity index (χ4v) is 4.69. The Morgan fingerprint density at radius 2 is 1.74 bits per heavy atom. The second-order valence-corrected chi connectivity index (χ2v) is 9.24. The summed E-state index contributed by atoms with van der Waals surface area (Å²) in [5.74, 6) is -2.52. The number of aryl methyl sites for hydroxylation is 1. The third-order valence-corrected chi connectivity index (χ3v) is 6.72. The zero-order valence-corrected chi connectivity index (χ0v) is 20.9. The standard InChI is InChI=1S/C26H26F4N4O5/c1-31-24(37)32-20-6-3-16-12-22(35)34(25(38)39-9-8-17(16)11-20)14-23(36)33-13-18-2-5-19(27)10-15(18)4-7-21(33)26(28,29)30/h2-3,5-6,10-11,21H,4,7-9,12-14H2,1H3,(H2,31,32,37)/t21-/m0/s1. The fraction of sp³-hybridized carbons (Fsp3) is 0.385. The van der Waals surface area contributed by atoms with Gasteiger partial charge in [0.2, 0.25) is 11.8 Å². The van der Waals surface area contributed by atoms with Crippen molar-refractivity contribution in [3.63, 3.8) is 0 Å². The summed E-state index contributed by atoms with van der Waals surface area (Å²) in [6, 6.07) is 5.70. The van der Waals surface area contributed by atoms with Gasteiger partial charge in [0.25, 0.3) is 0 Å². The van der Waals surface area contributed by atoms with Crippen LogP contribution in [0.4, 0.5) is 32.8 Å². The number of hydrogen-bond donors (Lipinski definition) is 2. The lowest BCUT2D eigenvalue weighted by Gasteiger charge is -2.33. The van der Waals surface area contributed by atoms with E-state index in [2.05, 4.69) is 10.6 Å². The number of amides is 5. The molecule has 2 aromatic carbocycles. The predicted octanol–water partition coefficient (Wildman–Crippen LogP) is 3.55. The summed E-state index contributed by atoms with van der Waals surface area (Å²) in [5.41, 5.74) is 2.28. The van der Waals surface area contributed by atoms with Crippen LogP contribution in [0.5, 0.6) is 0 Å². The second-order valence-electron chi connectivity index (χ2n) is 9.24. The van der Waals surface area contributed by atoms with E-state index in [1.807, 2.05) is 0 Å². The summed E-state index contributed by atoms with van der Waals surface area (Å²) >= 11 is 0. The lowest BCUT2D eigenvalue weighted by molar-refractivity contribution is -0.192. The molecule has 0 radical (unpaired) electrons. The number of alkyl halides is 3. The first-order chi connectivity index (χ1) is 18.5. The molecule has 0 fully saturated rings. The molecule has 2 aliphatic rings. The monoisotopic (exact) mass is 550 g/mol. The Labute approximate surface area is 221 Å². The van der Waals surface area contributed by atoms with Gasteiger partial charge in [-0.3, -0.25) is 9.59 Å². The number of nitrogens with one attached hydrogen (secondary N) is 2. The Morgan fingerprint density at radius 3 is 2.46 bits per heavy atom. The van der Waals surface area contributed by atoms with E-state index in [0.29, 0.717) is 37.7 Å². The molecule has 39 heavy (non-hydrogen) atoms. The van der Waals surface area contributed by atoms with Gasteiger partial charge in [-0.1, -0.05) is 12.1 Å². The van der Waals surface area contributed by atoms with Gasteiger partial charge >= 0.3 is 18.3 Å². The number of carbonyl (C=O) groups excluding carboxylic acids is 4. The number of fused-ring (bicyclic) bond motifs is 2. The number of rotatable bonds is 3. The predicted molar refractivity (Wildman–Crippen MR) is 130 cm³/mol. The van der Waals surface area contributed by atoms with Gasteiger partial charge in [-0.15, -0.1) is 0 Å². The first-order valence-corrected chi connectivity index (χ1v) is 12.2. The van der Waals surface area contributed by atoms with E-state index in [0.717, 1.165) is 12.1 Å². The van der Waals surface area contributed by atoms with Gasteiger partial charge in [-0.2, -0.15) is 13.2 Å². The van der Waals surface area contributed by atoms with Gasteiger partial charge in [-0.05, 0) is 59.4 Å². The van der Waals surface area contributed by atoms with Gasteiger partial charge < -0.3 is 20.3 Å². The minimum Gasteiger partial charge on any atom is -0.449 e. The van der Waals surface area contributed by atoms with Gasteiger partial charge in [-0.25, -0.2) is 18.9 Å². The Morgan fingerprint density at radius 1 is 1.03 bits per heavy atom. The molecule has 5 amide bonds. The maximum atomic E-state index is 14.0. The molecule has 0 unspecified atom stereocenters. The molecule has 2 N–H and O–H groups in total. The van der Waals surface area contributed by atoms with Crippen molar-refractivity contribution < 1.29 is 41.5 Å². The topological polar surface area (TPSA) is 108 Å². The van der Waals surface area contributed by atoms with Crippen LogP contribution in [-0.4, -0.2) is 66.2 Å². The highest BCUT2D eigenvalue weighted by molar-refractivity contribution is 5.97. The number of carbonyl (C=O) groups is 4. The zero-order valence-electron chi connectivity index (χ0n) is 20.9. The van der Waals surface area contributed by atoms with Crippen LogP contribution < -0.4 is 10.6 Å². The van der Waals surface area contributed by atoms with E-state index in [1.54, 1.807) is 18.2 Å². The molecule has 0 bridgehead atoms. The van der Waals surface area contributed by atoms with E-state index in [4.69, 9.17) is 4.74 Å². The smallest absolute Gasteiger partial charge is 0.417 e. The lowest BCUT2D eigenvalue weighted by Crippen LogP contribution is -2.52. The fourth-order valence-electron chi connectivity index (χ4n) is 4.69. The highest BCUT2D eigenvalue weighted by Crippen LogP contribution is 2.33. The molecular weight excluding hydrogens is 524 g/mol. The number of cyclic esters (lactones) is 1. The number of halogens is 4. The van der Waals surface area contributed by atoms with E-state index in [9.17, 15) is 36.7 Å². The number of urea groups is 1. The molecule has 0 aliphatic carbocycles. The molecule has 1 atom stereocenters. The highest BCUT2D eigenvalue weighted by Gasteiger charge is 2.47. The van der Waals surface area contributed by atoms with Crippen LogP contribution in [0.15, 0.2) is 36.4 Å². The number of anilines is 1. The molecule has 2 aliphatic heterocycles. The molecular formula is C26H26F4N4O5. The van der Waals surface area contributed by atoms with Crippen LogP contribution in [0.3, 0.4) is 0 Å². The van der Waals surface area contributed by atoms with Crippen LogP contribution in [0.2, 0.25) is 0 Å². The third-order valence-electron chi connectivity index (χ3n) is 6.72. The average molecular weight is 551 g/mol. The molecule has 2 heterocycles. The highest BCUT2D eigenvalue weighted by atomic mass is 19.4. The summed E-state index contributed by atoms with van der Waals surface area (Å²) in [7, 11) is 1.45. The Kier molecular flexibility index (Phi) is 8.07. The molecule has 0 saturated heterocycles. The molecule has 0 aromatic heterocycles. The van der Waals surface area contributed by atoms with Crippen LogP contribution in [0.1, 0.15) is 28.7 Å². The molecule has 0 spiro atoms. The maximum absolute atomic E-state index is 14.0. The van der Waals surface area contributed by atoms with Gasteiger partial charge in [0.05, 0.1) is 13.0 Å². The van der Waals surface area contributed by atoms with Crippen LogP contribution in [0, 0.1) is 5.82 Å². The minimum absolute atomic E-state index is 0.0979. The molecule has 9 nitrogen and oxygen atoms in total. The molecule has 4 rings (SSSR count). The number of benzene rings is 2. The molecule has 13 heteroatoms. The van der Waals surface area contributed by atoms with Crippen molar-refractivity contribution in [2.75, 3.05) is 25.5 Å². The lowest BCUT2D eigenvalue weighted by atomic mass is 10.0. The first-order valence-electron chi connectivity index (χ1n) is 12.2. The van der Waals surface area contributed by atoms with E-state index in [-0.39, 0.29) is 25.9 Å². The Bertz CT molecular complexity index is 1300. The van der Waals surface area contributed by atoms with Gasteiger partial charge in [0, 0.05) is 25.7 Å². The number of hydrogen-bond acceptors (Lipinski definition) is 5. The van der Waals surface area contributed by atoms with Crippen molar-refractivity contribution in [3.05, 3.63) is 64.5 Å². The van der Waals surface area contributed by atoms with E-state index in [1.165, 1.54) is 13.1 Å². The van der Waals surface area contributed by atoms with Crippen molar-refractivity contribution >= 4 is 29.6 Å². The van der Waals surface area contributed by atoms with Crippen molar-refractivity contribution in [2.24, 2.45) is 0 Å². The Balaban J connectivity index is 1.57. The zero-order chi connectivity index (χ0) is 28.3. The summed E-state index contributed by atoms with van der Waals surface area (Å²) < 4.78 is 60.8. The van der Waals surface area contributed by atoms with Crippen LogP contribution in [-0.2, 0) is 40.1 Å². The number of nitrogens with zero attached hydrogens (tertiary/aromatic N) is 2. The summed E-state index contributed by atoms with van der Waals surface area (Å²) in [6.45, 7) is -1.58. The van der Waals surface area contributed by atoms with Crippen molar-refractivity contribution in [1.29, 1.82) is 0 Å². The number of ether oxygens (including phenoxy) is 1. The summed E-state index contributed by atoms with van der Waals surface area (Å²) in [4.78, 5) is 51.8. The van der Waals surface area contributed by atoms with Gasteiger partial charge in [0.15, 0.2) is 0 Å². The molecule has 2 aromatic rings. The minimum atomic E-state index is -4.78. The molecule has 0 saturated carbocycles. The number of imide groups is 1. The van der Waals surface area contributed by atoms with Crippen molar-refractivity contribution in [1.82, 2.24) is 15.1 Å². The average Bonchev–Trinajstić information content (AvgIpc) is 3.04.